The molecule has 1 fully saturated rings. The van der Waals surface area contributed by atoms with Crippen molar-refractivity contribution in [3.05, 3.63) is 53.2 Å². The van der Waals surface area contributed by atoms with Gasteiger partial charge in [0, 0.05) is 6.20 Å². The van der Waals surface area contributed by atoms with E-state index in [0.717, 1.165) is 35.6 Å². The minimum atomic E-state index is -0.158. The Kier molecular flexibility index (Phi) is 4.52. The summed E-state index contributed by atoms with van der Waals surface area (Å²) in [5, 5.41) is 3.11. The number of hydrogen-bond acceptors (Lipinski definition) is 4. The summed E-state index contributed by atoms with van der Waals surface area (Å²) in [6, 6.07) is 7.54. The average Bonchev–Trinajstić information content (AvgIpc) is 3.25. The summed E-state index contributed by atoms with van der Waals surface area (Å²) in [7, 11) is 0. The Bertz CT molecular complexity index is 664. The second-order valence-electron chi connectivity index (χ2n) is 5.69. The van der Waals surface area contributed by atoms with Gasteiger partial charge in [-0.05, 0) is 55.7 Å². The van der Waals surface area contributed by atoms with Gasteiger partial charge in [-0.2, -0.15) is 11.8 Å². The number of furan rings is 1. The first kappa shape index (κ1) is 15.2. The molecule has 0 bridgehead atoms. The predicted molar refractivity (Wildman–Crippen MR) is 87.8 cm³/mol. The lowest BCUT2D eigenvalue weighted by atomic mass is 10.0. The SMILES string of the molecule is CSCc1ccc(C(=O)N[C@H](c2ncccc2C)C2CC2)o1. The standard InChI is InChI=1S/C17H20N2O2S/c1-11-4-3-9-18-15(11)16(12-5-6-12)19-17(20)14-8-7-13(21-14)10-22-2/h3-4,7-9,12,16H,5-6,10H2,1-2H3,(H,19,20)/t16-/m0/s1. The van der Waals surface area contributed by atoms with Gasteiger partial charge in [-0.15, -0.1) is 0 Å². The van der Waals surface area contributed by atoms with Crippen molar-refractivity contribution in [3.8, 4) is 0 Å². The van der Waals surface area contributed by atoms with Gasteiger partial charge in [0.05, 0.1) is 17.5 Å². The number of thioether (sulfide) groups is 1. The van der Waals surface area contributed by atoms with Gasteiger partial charge in [-0.25, -0.2) is 0 Å². The van der Waals surface area contributed by atoms with E-state index in [4.69, 9.17) is 4.42 Å². The number of aryl methyl sites for hydroxylation is 1. The van der Waals surface area contributed by atoms with Crippen LogP contribution in [0.25, 0.3) is 0 Å². The summed E-state index contributed by atoms with van der Waals surface area (Å²) < 4.78 is 5.60. The van der Waals surface area contributed by atoms with E-state index in [1.807, 2.05) is 31.4 Å². The summed E-state index contributed by atoms with van der Waals surface area (Å²) in [4.78, 5) is 16.9. The third-order valence-corrected chi connectivity index (χ3v) is 4.47. The highest BCUT2D eigenvalue weighted by molar-refractivity contribution is 7.97. The third-order valence-electron chi connectivity index (χ3n) is 3.90. The van der Waals surface area contributed by atoms with Crippen molar-refractivity contribution < 1.29 is 9.21 Å². The van der Waals surface area contributed by atoms with Crippen LogP contribution in [0.1, 0.15) is 46.5 Å². The van der Waals surface area contributed by atoms with E-state index in [-0.39, 0.29) is 11.9 Å². The van der Waals surface area contributed by atoms with Crippen LogP contribution >= 0.6 is 11.8 Å². The molecular weight excluding hydrogens is 296 g/mol. The molecular formula is C17H20N2O2S. The van der Waals surface area contributed by atoms with Crippen molar-refractivity contribution in [3.63, 3.8) is 0 Å². The van der Waals surface area contributed by atoms with Crippen molar-refractivity contribution in [2.45, 2.75) is 31.6 Å². The maximum Gasteiger partial charge on any atom is 0.287 e. The summed E-state index contributed by atoms with van der Waals surface area (Å²) in [6.07, 6.45) is 6.07. The fourth-order valence-corrected chi connectivity index (χ4v) is 3.03. The Morgan fingerprint density at radius 1 is 1.45 bits per heavy atom. The summed E-state index contributed by atoms with van der Waals surface area (Å²) in [5.74, 6) is 2.31. The Morgan fingerprint density at radius 3 is 2.95 bits per heavy atom. The fraction of sp³-hybridized carbons (Fsp3) is 0.412. The van der Waals surface area contributed by atoms with Crippen molar-refractivity contribution in [2.24, 2.45) is 5.92 Å². The zero-order chi connectivity index (χ0) is 15.5. The van der Waals surface area contributed by atoms with Crippen molar-refractivity contribution >= 4 is 17.7 Å². The maximum atomic E-state index is 12.5. The van der Waals surface area contributed by atoms with E-state index in [1.54, 1.807) is 24.0 Å². The summed E-state index contributed by atoms with van der Waals surface area (Å²) in [6.45, 7) is 2.04. The molecule has 1 saturated carbocycles. The summed E-state index contributed by atoms with van der Waals surface area (Å²) >= 11 is 1.67. The lowest BCUT2D eigenvalue weighted by Gasteiger charge is -2.18. The second-order valence-corrected chi connectivity index (χ2v) is 6.56. The van der Waals surface area contributed by atoms with E-state index >= 15 is 0 Å². The Balaban J connectivity index is 1.76. The Hall–Kier alpha value is -1.75. The van der Waals surface area contributed by atoms with Crippen LogP contribution in [-0.2, 0) is 5.75 Å². The zero-order valence-corrected chi connectivity index (χ0v) is 13.7. The molecule has 0 aliphatic heterocycles. The highest BCUT2D eigenvalue weighted by atomic mass is 32.2. The molecule has 1 N–H and O–H groups in total. The molecule has 2 heterocycles. The topological polar surface area (TPSA) is 55.1 Å². The normalized spacial score (nSPS) is 15.5. The average molecular weight is 316 g/mol. The number of pyridine rings is 1. The zero-order valence-electron chi connectivity index (χ0n) is 12.8. The number of amides is 1. The quantitative estimate of drug-likeness (QED) is 0.882. The molecule has 0 unspecified atom stereocenters. The van der Waals surface area contributed by atoms with Gasteiger partial charge in [-0.3, -0.25) is 9.78 Å². The summed E-state index contributed by atoms with van der Waals surface area (Å²) in [5.41, 5.74) is 2.08. The predicted octanol–water partition coefficient (Wildman–Crippen LogP) is 3.73. The molecule has 1 aliphatic carbocycles. The monoisotopic (exact) mass is 316 g/mol. The first-order valence-electron chi connectivity index (χ1n) is 7.49. The maximum absolute atomic E-state index is 12.5. The van der Waals surface area contributed by atoms with E-state index in [2.05, 4.69) is 10.3 Å². The van der Waals surface area contributed by atoms with Gasteiger partial charge in [0.2, 0.25) is 0 Å². The van der Waals surface area contributed by atoms with Crippen molar-refractivity contribution in [2.75, 3.05) is 6.26 Å². The molecule has 1 amide bonds. The molecule has 0 spiro atoms. The van der Waals surface area contributed by atoms with E-state index in [1.165, 1.54) is 0 Å². The van der Waals surface area contributed by atoms with Crippen LogP contribution in [0.5, 0.6) is 0 Å². The van der Waals surface area contributed by atoms with Crippen molar-refractivity contribution in [1.82, 2.24) is 10.3 Å². The molecule has 2 aromatic rings. The molecule has 0 radical (unpaired) electrons. The molecule has 116 valence electrons. The van der Waals surface area contributed by atoms with Crippen LogP contribution in [0.2, 0.25) is 0 Å². The number of nitrogens with zero attached hydrogens (tertiary/aromatic N) is 1. The molecule has 22 heavy (non-hydrogen) atoms. The van der Waals surface area contributed by atoms with Crippen LogP contribution in [0, 0.1) is 12.8 Å². The number of rotatable bonds is 6. The lowest BCUT2D eigenvalue weighted by Crippen LogP contribution is -2.30. The lowest BCUT2D eigenvalue weighted by molar-refractivity contribution is 0.0901. The first-order valence-corrected chi connectivity index (χ1v) is 8.88. The van der Waals surface area contributed by atoms with Crippen LogP contribution in [0.3, 0.4) is 0 Å². The van der Waals surface area contributed by atoms with Gasteiger partial charge in [-0.1, -0.05) is 6.07 Å². The van der Waals surface area contributed by atoms with Gasteiger partial charge < -0.3 is 9.73 Å². The number of aromatic nitrogens is 1. The molecule has 0 aromatic carbocycles. The molecule has 4 nitrogen and oxygen atoms in total. The van der Waals surface area contributed by atoms with Crippen LogP contribution in [0.4, 0.5) is 0 Å². The van der Waals surface area contributed by atoms with Gasteiger partial charge in [0.15, 0.2) is 5.76 Å². The Labute approximate surface area is 134 Å². The molecule has 1 atom stereocenters. The van der Waals surface area contributed by atoms with Gasteiger partial charge in [0.25, 0.3) is 5.91 Å². The number of nitrogens with one attached hydrogen (secondary N) is 1. The second kappa shape index (κ2) is 6.57. The smallest absolute Gasteiger partial charge is 0.287 e. The highest BCUT2D eigenvalue weighted by Gasteiger charge is 2.35. The Morgan fingerprint density at radius 2 is 2.27 bits per heavy atom. The number of carbonyl (C=O) groups excluding carboxylic acids is 1. The third kappa shape index (κ3) is 3.35. The van der Waals surface area contributed by atoms with Crippen LogP contribution in [0.15, 0.2) is 34.9 Å². The molecule has 5 heteroatoms. The first-order chi connectivity index (χ1) is 10.7. The molecule has 1 aliphatic rings. The minimum absolute atomic E-state index is 0.0252. The van der Waals surface area contributed by atoms with E-state index in [9.17, 15) is 4.79 Å². The highest BCUT2D eigenvalue weighted by Crippen LogP contribution is 2.41. The van der Waals surface area contributed by atoms with Crippen LogP contribution < -0.4 is 5.32 Å². The minimum Gasteiger partial charge on any atom is -0.455 e. The fourth-order valence-electron chi connectivity index (χ4n) is 2.59. The van der Waals surface area contributed by atoms with Gasteiger partial charge in [0.1, 0.15) is 5.76 Å². The number of hydrogen-bond donors (Lipinski definition) is 1. The van der Waals surface area contributed by atoms with E-state index in [0.29, 0.717) is 11.7 Å². The van der Waals surface area contributed by atoms with Crippen molar-refractivity contribution in [1.29, 1.82) is 0 Å². The molecule has 3 rings (SSSR count). The molecule has 0 saturated heterocycles. The number of carbonyl (C=O) groups is 1. The molecule has 2 aromatic heterocycles. The largest absolute Gasteiger partial charge is 0.455 e. The van der Waals surface area contributed by atoms with Gasteiger partial charge >= 0.3 is 0 Å². The van der Waals surface area contributed by atoms with E-state index < -0.39 is 0 Å². The van der Waals surface area contributed by atoms with Crippen LogP contribution in [-0.4, -0.2) is 17.1 Å².